The third-order valence-electron chi connectivity index (χ3n) is 3.46. The van der Waals surface area contributed by atoms with Gasteiger partial charge in [-0.2, -0.15) is 13.2 Å². The molecule has 0 aromatic heterocycles. The number of halogens is 5. The van der Waals surface area contributed by atoms with Gasteiger partial charge in [0.25, 0.3) is 0 Å². The fourth-order valence-electron chi connectivity index (χ4n) is 1.94. The van der Waals surface area contributed by atoms with Gasteiger partial charge < -0.3 is 5.11 Å². The van der Waals surface area contributed by atoms with Gasteiger partial charge in [-0.05, 0) is 58.7 Å². The van der Waals surface area contributed by atoms with E-state index in [1.165, 1.54) is 0 Å². The maximum atomic E-state index is 13.1. The van der Waals surface area contributed by atoms with Crippen molar-refractivity contribution in [3.8, 4) is 0 Å². The Morgan fingerprint density at radius 1 is 1.04 bits per heavy atom. The maximum absolute atomic E-state index is 13.1. The van der Waals surface area contributed by atoms with Crippen LogP contribution in [0.2, 0.25) is 0 Å². The number of benzene rings is 2. The molecule has 2 rings (SSSR count). The van der Waals surface area contributed by atoms with E-state index in [9.17, 15) is 31.1 Å². The fraction of sp³-hybridized carbons (Fsp3) is 0.200. The Morgan fingerprint density at radius 3 is 2.04 bits per heavy atom. The quantitative estimate of drug-likeness (QED) is 0.591. The summed E-state index contributed by atoms with van der Waals surface area (Å²) in [6.07, 6.45) is -4.91. The fourth-order valence-corrected chi connectivity index (χ4v) is 4.24. The minimum absolute atomic E-state index is 0.00568. The molecule has 0 aliphatic carbocycles. The summed E-state index contributed by atoms with van der Waals surface area (Å²) >= 11 is 2.94. The van der Waals surface area contributed by atoms with Crippen molar-refractivity contribution in [3.05, 3.63) is 58.3 Å². The first kappa shape index (κ1) is 18.9. The SMILES string of the molecule is CC(O)(c1ccc(S(=O)(=O)c2ccc(F)cc2Br)cc1)C(F)(F)F. The first-order chi connectivity index (χ1) is 10.9. The second-order valence-electron chi connectivity index (χ2n) is 5.17. The summed E-state index contributed by atoms with van der Waals surface area (Å²) in [6, 6.07) is 6.67. The first-order valence-corrected chi connectivity index (χ1v) is 8.75. The van der Waals surface area contributed by atoms with Crippen LogP contribution in [0.4, 0.5) is 17.6 Å². The van der Waals surface area contributed by atoms with Crippen molar-refractivity contribution in [3.63, 3.8) is 0 Å². The Kier molecular flexibility index (Phi) is 4.82. The van der Waals surface area contributed by atoms with Crippen molar-refractivity contribution in [1.29, 1.82) is 0 Å². The second-order valence-corrected chi connectivity index (χ2v) is 7.94. The summed E-state index contributed by atoms with van der Waals surface area (Å²) in [7, 11) is -4.06. The molecule has 9 heteroatoms. The summed E-state index contributed by atoms with van der Waals surface area (Å²) in [6.45, 7) is 0.576. The zero-order valence-electron chi connectivity index (χ0n) is 12.1. The zero-order chi connectivity index (χ0) is 18.3. The highest BCUT2D eigenvalue weighted by Crippen LogP contribution is 2.39. The average molecular weight is 427 g/mol. The molecule has 1 atom stereocenters. The van der Waals surface area contributed by atoms with Crippen molar-refractivity contribution >= 4 is 25.8 Å². The largest absolute Gasteiger partial charge is 0.421 e. The standard InChI is InChI=1S/C15H11BrF4O3S/c1-14(21,15(18,19)20)9-2-5-11(6-3-9)24(22,23)13-7-4-10(17)8-12(13)16/h2-8,21H,1H3. The van der Waals surface area contributed by atoms with Gasteiger partial charge in [0, 0.05) is 4.47 Å². The van der Waals surface area contributed by atoms with Crippen LogP contribution in [0.25, 0.3) is 0 Å². The number of hydrogen-bond donors (Lipinski definition) is 1. The first-order valence-electron chi connectivity index (χ1n) is 6.47. The number of alkyl halides is 3. The lowest BCUT2D eigenvalue weighted by atomic mass is 9.96. The van der Waals surface area contributed by atoms with E-state index in [4.69, 9.17) is 0 Å². The van der Waals surface area contributed by atoms with Gasteiger partial charge in [0.2, 0.25) is 9.84 Å². The van der Waals surface area contributed by atoms with E-state index in [-0.39, 0.29) is 14.3 Å². The number of rotatable bonds is 3. The third-order valence-corrected chi connectivity index (χ3v) is 6.21. The van der Waals surface area contributed by atoms with E-state index >= 15 is 0 Å². The van der Waals surface area contributed by atoms with Crippen LogP contribution in [-0.4, -0.2) is 19.7 Å². The molecule has 0 heterocycles. The number of hydrogen-bond acceptors (Lipinski definition) is 3. The van der Waals surface area contributed by atoms with Gasteiger partial charge in [-0.3, -0.25) is 0 Å². The van der Waals surface area contributed by atoms with Crippen molar-refractivity contribution in [2.45, 2.75) is 28.5 Å². The molecule has 0 fully saturated rings. The highest BCUT2D eigenvalue weighted by Gasteiger charge is 2.51. The molecular formula is C15H11BrF4O3S. The topological polar surface area (TPSA) is 54.4 Å². The second kappa shape index (κ2) is 6.12. The predicted molar refractivity (Wildman–Crippen MR) is 81.6 cm³/mol. The van der Waals surface area contributed by atoms with E-state index < -0.39 is 33.0 Å². The Hall–Kier alpha value is -1.45. The highest BCUT2D eigenvalue weighted by atomic mass is 79.9. The summed E-state index contributed by atoms with van der Waals surface area (Å²) in [4.78, 5) is -0.504. The molecule has 130 valence electrons. The number of sulfone groups is 1. The molecule has 24 heavy (non-hydrogen) atoms. The normalized spacial score (nSPS) is 15.1. The van der Waals surface area contributed by atoms with Gasteiger partial charge in [-0.1, -0.05) is 12.1 Å². The summed E-state index contributed by atoms with van der Waals surface area (Å²) < 4.78 is 76.4. The molecule has 2 aromatic carbocycles. The molecule has 0 bridgehead atoms. The van der Waals surface area contributed by atoms with E-state index in [0.717, 1.165) is 42.5 Å². The summed E-state index contributed by atoms with van der Waals surface area (Å²) in [5, 5.41) is 9.58. The molecule has 0 saturated carbocycles. The van der Waals surface area contributed by atoms with Crippen LogP contribution in [0, 0.1) is 5.82 Å². The molecule has 0 aliphatic rings. The minimum Gasteiger partial charge on any atom is -0.376 e. The minimum atomic E-state index is -4.91. The van der Waals surface area contributed by atoms with E-state index in [1.807, 2.05) is 0 Å². The molecule has 0 radical (unpaired) electrons. The monoisotopic (exact) mass is 426 g/mol. The Labute approximate surface area is 144 Å². The van der Waals surface area contributed by atoms with Gasteiger partial charge in [-0.15, -0.1) is 0 Å². The van der Waals surface area contributed by atoms with Crippen LogP contribution in [0.15, 0.2) is 56.7 Å². The molecule has 1 unspecified atom stereocenters. The third kappa shape index (κ3) is 3.33. The molecule has 0 saturated heterocycles. The molecule has 0 amide bonds. The van der Waals surface area contributed by atoms with Crippen molar-refractivity contribution < 1.29 is 31.1 Å². The van der Waals surface area contributed by atoms with Gasteiger partial charge in [0.1, 0.15) is 5.82 Å². The lowest BCUT2D eigenvalue weighted by Gasteiger charge is -2.26. The molecule has 2 aromatic rings. The van der Waals surface area contributed by atoms with Crippen molar-refractivity contribution in [2.24, 2.45) is 0 Å². The van der Waals surface area contributed by atoms with Crippen LogP contribution in [0.5, 0.6) is 0 Å². The van der Waals surface area contributed by atoms with Gasteiger partial charge in [-0.25, -0.2) is 12.8 Å². The number of aliphatic hydroxyl groups is 1. The highest BCUT2D eigenvalue weighted by molar-refractivity contribution is 9.10. The molecule has 0 spiro atoms. The van der Waals surface area contributed by atoms with Crippen LogP contribution in [-0.2, 0) is 15.4 Å². The Morgan fingerprint density at radius 2 is 1.58 bits per heavy atom. The van der Waals surface area contributed by atoms with Crippen LogP contribution in [0.3, 0.4) is 0 Å². The lowest BCUT2D eigenvalue weighted by Crippen LogP contribution is -2.39. The predicted octanol–water partition coefficient (Wildman–Crippen LogP) is 4.19. The van der Waals surface area contributed by atoms with E-state index in [1.54, 1.807) is 0 Å². The van der Waals surface area contributed by atoms with Crippen LogP contribution >= 0.6 is 15.9 Å². The van der Waals surface area contributed by atoms with E-state index in [2.05, 4.69) is 15.9 Å². The molecule has 0 aliphatic heterocycles. The molecule has 3 nitrogen and oxygen atoms in total. The maximum Gasteiger partial charge on any atom is 0.421 e. The average Bonchev–Trinajstić information content (AvgIpc) is 2.45. The van der Waals surface area contributed by atoms with Crippen LogP contribution in [0.1, 0.15) is 12.5 Å². The van der Waals surface area contributed by atoms with Gasteiger partial charge in [0.05, 0.1) is 9.79 Å². The van der Waals surface area contributed by atoms with Gasteiger partial charge in [0.15, 0.2) is 5.60 Å². The van der Waals surface area contributed by atoms with Crippen molar-refractivity contribution in [2.75, 3.05) is 0 Å². The molecular weight excluding hydrogens is 416 g/mol. The molecule has 1 N–H and O–H groups in total. The summed E-state index contributed by atoms with van der Waals surface area (Å²) in [5.41, 5.74) is -3.60. The lowest BCUT2D eigenvalue weighted by molar-refractivity contribution is -0.258. The van der Waals surface area contributed by atoms with Crippen LogP contribution < -0.4 is 0 Å². The van der Waals surface area contributed by atoms with E-state index in [0.29, 0.717) is 6.92 Å². The smallest absolute Gasteiger partial charge is 0.376 e. The summed E-state index contributed by atoms with van der Waals surface area (Å²) in [5.74, 6) is -0.641. The zero-order valence-corrected chi connectivity index (χ0v) is 14.5. The Balaban J connectivity index is 2.47. The Bertz CT molecular complexity index is 859. The van der Waals surface area contributed by atoms with Gasteiger partial charge >= 0.3 is 6.18 Å². The van der Waals surface area contributed by atoms with Crippen molar-refractivity contribution in [1.82, 2.24) is 0 Å².